The first-order valence-electron chi connectivity index (χ1n) is 7.98. The van der Waals surface area contributed by atoms with Gasteiger partial charge in [0.25, 0.3) is 5.91 Å². The lowest BCUT2D eigenvalue weighted by atomic mass is 9.83. The molecule has 0 aromatic heterocycles. The molecule has 26 heavy (non-hydrogen) atoms. The average molecular weight is 343 g/mol. The van der Waals surface area contributed by atoms with E-state index in [-0.39, 0.29) is 34.1 Å². The molecule has 1 aliphatic rings. The van der Waals surface area contributed by atoms with E-state index in [1.807, 2.05) is 0 Å². The lowest BCUT2D eigenvalue weighted by Crippen LogP contribution is -2.21. The van der Waals surface area contributed by atoms with E-state index in [9.17, 15) is 19.5 Å². The molecule has 0 aliphatic heterocycles. The van der Waals surface area contributed by atoms with Gasteiger partial charge in [-0.25, -0.2) is 0 Å². The molecule has 0 radical (unpaired) electrons. The lowest BCUT2D eigenvalue weighted by molar-refractivity contribution is 0.0979. The molecule has 5 nitrogen and oxygen atoms in total. The fraction of sp³-hybridized carbons (Fsp3) is 0. The van der Waals surface area contributed by atoms with E-state index in [4.69, 9.17) is 0 Å². The smallest absolute Gasteiger partial charge is 0.255 e. The Morgan fingerprint density at radius 1 is 0.731 bits per heavy atom. The summed E-state index contributed by atoms with van der Waals surface area (Å²) in [6.07, 6.45) is 0. The Morgan fingerprint density at radius 2 is 1.27 bits per heavy atom. The van der Waals surface area contributed by atoms with Crippen LogP contribution in [0.3, 0.4) is 0 Å². The van der Waals surface area contributed by atoms with Crippen molar-refractivity contribution in [3.8, 4) is 5.75 Å². The van der Waals surface area contributed by atoms with E-state index in [0.717, 1.165) is 0 Å². The molecule has 2 N–H and O–H groups in total. The molecule has 0 fully saturated rings. The first-order chi connectivity index (χ1) is 12.6. The molecule has 1 aliphatic carbocycles. The zero-order chi connectivity index (χ0) is 18.3. The quantitative estimate of drug-likeness (QED) is 0.546. The molecule has 0 bridgehead atoms. The van der Waals surface area contributed by atoms with Crippen molar-refractivity contribution in [2.45, 2.75) is 0 Å². The van der Waals surface area contributed by atoms with Gasteiger partial charge in [0, 0.05) is 27.8 Å². The van der Waals surface area contributed by atoms with Crippen molar-refractivity contribution < 1.29 is 19.5 Å². The normalized spacial score (nSPS) is 12.3. The van der Waals surface area contributed by atoms with Crippen LogP contribution in [-0.2, 0) is 0 Å². The van der Waals surface area contributed by atoms with Crippen LogP contribution in [-0.4, -0.2) is 22.6 Å². The second kappa shape index (κ2) is 5.97. The predicted molar refractivity (Wildman–Crippen MR) is 95.8 cm³/mol. The number of carbonyl (C=O) groups is 3. The highest BCUT2D eigenvalue weighted by Gasteiger charge is 2.30. The Hall–Kier alpha value is -3.73. The van der Waals surface area contributed by atoms with Gasteiger partial charge in [0.05, 0.1) is 5.69 Å². The fourth-order valence-electron chi connectivity index (χ4n) is 3.02. The number of anilines is 1. The topological polar surface area (TPSA) is 83.5 Å². The molecule has 4 rings (SSSR count). The predicted octanol–water partition coefficient (Wildman–Crippen LogP) is 3.42. The van der Waals surface area contributed by atoms with E-state index in [1.165, 1.54) is 12.1 Å². The molecule has 0 atom stereocenters. The highest BCUT2D eigenvalue weighted by molar-refractivity contribution is 6.29. The van der Waals surface area contributed by atoms with Gasteiger partial charge in [0.2, 0.25) is 0 Å². The molecule has 5 heteroatoms. The summed E-state index contributed by atoms with van der Waals surface area (Å²) in [5, 5.41) is 12.8. The van der Waals surface area contributed by atoms with Gasteiger partial charge in [-0.3, -0.25) is 14.4 Å². The van der Waals surface area contributed by atoms with Crippen molar-refractivity contribution in [2.75, 3.05) is 5.32 Å². The number of benzene rings is 3. The van der Waals surface area contributed by atoms with Gasteiger partial charge in [-0.15, -0.1) is 0 Å². The number of carbonyl (C=O) groups excluding carboxylic acids is 3. The fourth-order valence-corrected chi connectivity index (χ4v) is 3.02. The number of hydrogen-bond donors (Lipinski definition) is 2. The largest absolute Gasteiger partial charge is 0.506 e. The van der Waals surface area contributed by atoms with Gasteiger partial charge >= 0.3 is 0 Å². The lowest BCUT2D eigenvalue weighted by Gasteiger charge is -2.19. The molecule has 0 spiro atoms. The molecule has 0 heterocycles. The third-order valence-electron chi connectivity index (χ3n) is 4.33. The van der Waals surface area contributed by atoms with E-state index in [2.05, 4.69) is 5.32 Å². The zero-order valence-corrected chi connectivity index (χ0v) is 13.5. The number of phenolic OH excluding ortho intramolecular Hbond substituents is 1. The van der Waals surface area contributed by atoms with Crippen LogP contribution in [0.1, 0.15) is 42.2 Å². The van der Waals surface area contributed by atoms with E-state index in [1.54, 1.807) is 54.6 Å². The van der Waals surface area contributed by atoms with Crippen LogP contribution in [0.4, 0.5) is 5.69 Å². The minimum Gasteiger partial charge on any atom is -0.506 e. The summed E-state index contributed by atoms with van der Waals surface area (Å²) in [6.45, 7) is 0. The second-order valence-electron chi connectivity index (χ2n) is 5.94. The number of phenols is 1. The third kappa shape index (κ3) is 2.46. The van der Waals surface area contributed by atoms with Crippen molar-refractivity contribution in [2.24, 2.45) is 0 Å². The Bertz CT molecular complexity index is 1070. The summed E-state index contributed by atoms with van der Waals surface area (Å²) in [5.41, 5.74) is 1.41. The Labute approximate surface area is 148 Å². The first-order valence-corrected chi connectivity index (χ1v) is 7.98. The number of hydrogen-bond acceptors (Lipinski definition) is 4. The number of aromatic hydroxyl groups is 1. The summed E-state index contributed by atoms with van der Waals surface area (Å²) >= 11 is 0. The number of amides is 1. The maximum atomic E-state index is 12.7. The molecule has 126 valence electrons. The summed E-state index contributed by atoms with van der Waals surface area (Å²) < 4.78 is 0. The van der Waals surface area contributed by atoms with Gasteiger partial charge in [0.15, 0.2) is 11.6 Å². The van der Waals surface area contributed by atoms with Crippen LogP contribution >= 0.6 is 0 Å². The van der Waals surface area contributed by atoms with Gasteiger partial charge in [-0.1, -0.05) is 42.5 Å². The molecule has 0 saturated carbocycles. The minimum absolute atomic E-state index is 0.0816. The van der Waals surface area contributed by atoms with Crippen LogP contribution in [0.2, 0.25) is 0 Å². The first kappa shape index (κ1) is 15.8. The summed E-state index contributed by atoms with van der Waals surface area (Å²) in [4.78, 5) is 37.6. The van der Waals surface area contributed by atoms with Crippen LogP contribution < -0.4 is 5.32 Å². The molecule has 3 aromatic rings. The highest BCUT2D eigenvalue weighted by Crippen LogP contribution is 2.34. The average Bonchev–Trinajstić information content (AvgIpc) is 2.68. The van der Waals surface area contributed by atoms with E-state index >= 15 is 0 Å². The van der Waals surface area contributed by atoms with Gasteiger partial charge in [0.1, 0.15) is 5.75 Å². The number of ketones is 2. The molecule has 3 aromatic carbocycles. The Balaban J connectivity index is 1.75. The molecule has 0 saturated heterocycles. The number of nitrogens with one attached hydrogen (secondary N) is 1. The number of fused-ring (bicyclic) bond motifs is 2. The molecule has 1 amide bonds. The number of rotatable bonds is 2. The van der Waals surface area contributed by atoms with Crippen molar-refractivity contribution in [1.82, 2.24) is 0 Å². The highest BCUT2D eigenvalue weighted by atomic mass is 16.3. The van der Waals surface area contributed by atoms with Gasteiger partial charge < -0.3 is 10.4 Å². The van der Waals surface area contributed by atoms with Gasteiger partial charge in [-0.05, 0) is 24.3 Å². The maximum absolute atomic E-state index is 12.7. The minimum atomic E-state index is -0.421. The Kier molecular flexibility index (Phi) is 3.62. The summed E-state index contributed by atoms with van der Waals surface area (Å²) in [6, 6.07) is 17.6. The van der Waals surface area contributed by atoms with Crippen LogP contribution in [0.25, 0.3) is 0 Å². The van der Waals surface area contributed by atoms with Crippen molar-refractivity contribution in [1.29, 1.82) is 0 Å². The van der Waals surface area contributed by atoms with E-state index < -0.39 is 5.91 Å². The van der Waals surface area contributed by atoms with Crippen LogP contribution in [0.15, 0.2) is 66.7 Å². The van der Waals surface area contributed by atoms with E-state index in [0.29, 0.717) is 16.7 Å². The molecular formula is C21H13NO4. The van der Waals surface area contributed by atoms with Crippen LogP contribution in [0, 0.1) is 0 Å². The van der Waals surface area contributed by atoms with Crippen LogP contribution in [0.5, 0.6) is 5.75 Å². The molecule has 0 unspecified atom stereocenters. The van der Waals surface area contributed by atoms with Gasteiger partial charge in [-0.2, -0.15) is 0 Å². The Morgan fingerprint density at radius 3 is 1.88 bits per heavy atom. The molecular weight excluding hydrogens is 330 g/mol. The zero-order valence-electron chi connectivity index (χ0n) is 13.5. The summed E-state index contributed by atoms with van der Waals surface area (Å²) in [5.74, 6) is -1.33. The van der Waals surface area contributed by atoms with Crippen molar-refractivity contribution in [3.05, 3.63) is 94.5 Å². The second-order valence-corrected chi connectivity index (χ2v) is 5.94. The monoisotopic (exact) mass is 343 g/mol. The van der Waals surface area contributed by atoms with Crippen molar-refractivity contribution in [3.63, 3.8) is 0 Å². The van der Waals surface area contributed by atoms with Crippen molar-refractivity contribution >= 4 is 23.2 Å². The third-order valence-corrected chi connectivity index (χ3v) is 4.33. The SMILES string of the molecule is O=C(Nc1cc2c(cc1O)C(=O)c1ccccc1C2=O)c1ccccc1. The summed E-state index contributed by atoms with van der Waals surface area (Å²) in [7, 11) is 0. The standard InChI is InChI=1S/C21H13NO4/c23-18-11-16-15(19(24)13-8-4-5-9-14(13)20(16)25)10-17(18)22-21(26)12-6-2-1-3-7-12/h1-11,23H,(H,22,26). The maximum Gasteiger partial charge on any atom is 0.255 e.